The number of para-hydroxylation sites is 1. The van der Waals surface area contributed by atoms with Crippen LogP contribution in [0.25, 0.3) is 0 Å². The third-order valence-corrected chi connectivity index (χ3v) is 1.81. The van der Waals surface area contributed by atoms with E-state index in [-0.39, 0.29) is 6.10 Å². The van der Waals surface area contributed by atoms with Crippen molar-refractivity contribution in [1.82, 2.24) is 0 Å². The Morgan fingerprint density at radius 2 is 1.87 bits per heavy atom. The largest absolute Gasteiger partial charge is 0.493 e. The van der Waals surface area contributed by atoms with Gasteiger partial charge in [0.25, 0.3) is 0 Å². The van der Waals surface area contributed by atoms with Gasteiger partial charge in [-0.05, 0) is 26.0 Å². The summed E-state index contributed by atoms with van der Waals surface area (Å²) in [7, 11) is 0. The number of rotatable bonds is 6. The van der Waals surface area contributed by atoms with Crippen LogP contribution in [0, 0.1) is 0 Å². The van der Waals surface area contributed by atoms with Crippen LogP contribution < -0.4 is 4.74 Å². The normalized spacial score (nSPS) is 12.8. The SMILES string of the molecule is CC(C)OC(O)CCOc1ccccc1. The molecule has 0 fully saturated rings. The second-order valence-corrected chi connectivity index (χ2v) is 3.59. The van der Waals surface area contributed by atoms with Gasteiger partial charge < -0.3 is 14.6 Å². The highest BCUT2D eigenvalue weighted by Crippen LogP contribution is 2.09. The van der Waals surface area contributed by atoms with Crippen LogP contribution in [-0.2, 0) is 4.74 Å². The first kappa shape index (κ1) is 12.0. The quantitative estimate of drug-likeness (QED) is 0.731. The number of aliphatic hydroxyl groups excluding tert-OH is 1. The van der Waals surface area contributed by atoms with Crippen LogP contribution in [0.5, 0.6) is 5.75 Å². The fourth-order valence-electron chi connectivity index (χ4n) is 1.18. The molecule has 0 bridgehead atoms. The van der Waals surface area contributed by atoms with Crippen molar-refractivity contribution >= 4 is 0 Å². The molecule has 0 amide bonds. The Kier molecular flexibility index (Phi) is 5.15. The Balaban J connectivity index is 2.16. The summed E-state index contributed by atoms with van der Waals surface area (Å²) in [4.78, 5) is 0. The second kappa shape index (κ2) is 6.43. The zero-order valence-corrected chi connectivity index (χ0v) is 9.22. The maximum absolute atomic E-state index is 9.40. The van der Waals surface area contributed by atoms with Crippen LogP contribution in [-0.4, -0.2) is 24.1 Å². The van der Waals surface area contributed by atoms with Gasteiger partial charge in [-0.1, -0.05) is 18.2 Å². The third kappa shape index (κ3) is 5.40. The van der Waals surface area contributed by atoms with E-state index in [0.29, 0.717) is 13.0 Å². The number of aliphatic hydroxyl groups is 1. The molecule has 1 aromatic rings. The Labute approximate surface area is 90.6 Å². The summed E-state index contributed by atoms with van der Waals surface area (Å²) >= 11 is 0. The second-order valence-electron chi connectivity index (χ2n) is 3.59. The molecule has 0 spiro atoms. The fraction of sp³-hybridized carbons (Fsp3) is 0.500. The highest BCUT2D eigenvalue weighted by atomic mass is 16.6. The van der Waals surface area contributed by atoms with Crippen molar-refractivity contribution in [2.45, 2.75) is 32.7 Å². The summed E-state index contributed by atoms with van der Waals surface area (Å²) < 4.78 is 10.6. The molecule has 1 aromatic carbocycles. The molecule has 0 aliphatic heterocycles. The highest BCUT2D eigenvalue weighted by molar-refractivity contribution is 5.20. The lowest BCUT2D eigenvalue weighted by molar-refractivity contribution is -0.132. The molecule has 0 saturated carbocycles. The summed E-state index contributed by atoms with van der Waals surface area (Å²) in [5.74, 6) is 0.814. The van der Waals surface area contributed by atoms with Crippen molar-refractivity contribution in [1.29, 1.82) is 0 Å². The molecule has 84 valence electrons. The number of ether oxygens (including phenoxy) is 2. The minimum absolute atomic E-state index is 0.0386. The number of benzene rings is 1. The molecule has 1 unspecified atom stereocenters. The molecule has 0 aliphatic carbocycles. The van der Waals surface area contributed by atoms with E-state index in [1.165, 1.54) is 0 Å². The molecule has 0 saturated heterocycles. The first-order valence-electron chi connectivity index (χ1n) is 5.20. The predicted octanol–water partition coefficient (Wildman–Crippen LogP) is 2.20. The van der Waals surface area contributed by atoms with Gasteiger partial charge in [0, 0.05) is 6.42 Å². The molecular formula is C12H18O3. The Morgan fingerprint density at radius 3 is 2.47 bits per heavy atom. The summed E-state index contributed by atoms with van der Waals surface area (Å²) in [5, 5.41) is 9.40. The maximum atomic E-state index is 9.40. The molecular weight excluding hydrogens is 192 g/mol. The lowest BCUT2D eigenvalue weighted by Crippen LogP contribution is -2.19. The van der Waals surface area contributed by atoms with Crippen molar-refractivity contribution in [2.24, 2.45) is 0 Å². The van der Waals surface area contributed by atoms with Gasteiger partial charge in [0.05, 0.1) is 12.7 Å². The van der Waals surface area contributed by atoms with E-state index in [1.54, 1.807) is 0 Å². The van der Waals surface area contributed by atoms with Crippen molar-refractivity contribution in [3.63, 3.8) is 0 Å². The molecule has 0 heterocycles. The van der Waals surface area contributed by atoms with Crippen LogP contribution in [0.4, 0.5) is 0 Å². The van der Waals surface area contributed by atoms with Crippen molar-refractivity contribution < 1.29 is 14.6 Å². The van der Waals surface area contributed by atoms with Gasteiger partial charge in [0.2, 0.25) is 0 Å². The van der Waals surface area contributed by atoms with E-state index in [4.69, 9.17) is 9.47 Å². The average molecular weight is 210 g/mol. The van der Waals surface area contributed by atoms with E-state index in [2.05, 4.69) is 0 Å². The van der Waals surface area contributed by atoms with Crippen molar-refractivity contribution in [3.8, 4) is 5.75 Å². The minimum atomic E-state index is -0.742. The van der Waals surface area contributed by atoms with Gasteiger partial charge in [-0.3, -0.25) is 0 Å². The molecule has 15 heavy (non-hydrogen) atoms. The van der Waals surface area contributed by atoms with E-state index >= 15 is 0 Å². The van der Waals surface area contributed by atoms with Gasteiger partial charge in [0.1, 0.15) is 5.75 Å². The van der Waals surface area contributed by atoms with Crippen LogP contribution in [0.1, 0.15) is 20.3 Å². The van der Waals surface area contributed by atoms with Crippen molar-refractivity contribution in [3.05, 3.63) is 30.3 Å². The zero-order valence-electron chi connectivity index (χ0n) is 9.22. The smallest absolute Gasteiger partial charge is 0.158 e. The molecule has 0 aliphatic rings. The van der Waals surface area contributed by atoms with E-state index in [9.17, 15) is 5.11 Å². The highest BCUT2D eigenvalue weighted by Gasteiger charge is 2.06. The molecule has 1 atom stereocenters. The molecule has 3 nitrogen and oxygen atoms in total. The number of hydrogen-bond acceptors (Lipinski definition) is 3. The van der Waals surface area contributed by atoms with Crippen LogP contribution >= 0.6 is 0 Å². The third-order valence-electron chi connectivity index (χ3n) is 1.81. The zero-order chi connectivity index (χ0) is 11.1. The van der Waals surface area contributed by atoms with E-state index < -0.39 is 6.29 Å². The Morgan fingerprint density at radius 1 is 1.20 bits per heavy atom. The van der Waals surface area contributed by atoms with Gasteiger partial charge in [-0.25, -0.2) is 0 Å². The van der Waals surface area contributed by atoms with Crippen LogP contribution in [0.15, 0.2) is 30.3 Å². The maximum Gasteiger partial charge on any atom is 0.158 e. The van der Waals surface area contributed by atoms with Crippen molar-refractivity contribution in [2.75, 3.05) is 6.61 Å². The first-order valence-corrected chi connectivity index (χ1v) is 5.20. The summed E-state index contributed by atoms with van der Waals surface area (Å²) in [6.45, 7) is 4.24. The fourth-order valence-corrected chi connectivity index (χ4v) is 1.18. The van der Waals surface area contributed by atoms with Gasteiger partial charge in [-0.15, -0.1) is 0 Å². The minimum Gasteiger partial charge on any atom is -0.493 e. The molecule has 1 N–H and O–H groups in total. The molecule has 1 rings (SSSR count). The Hall–Kier alpha value is -1.06. The molecule has 0 aromatic heterocycles. The number of hydrogen-bond donors (Lipinski definition) is 1. The summed E-state index contributed by atoms with van der Waals surface area (Å²) in [5.41, 5.74) is 0. The summed E-state index contributed by atoms with van der Waals surface area (Å²) in [6, 6.07) is 9.53. The summed E-state index contributed by atoms with van der Waals surface area (Å²) in [6.07, 6.45) is -0.224. The first-order chi connectivity index (χ1) is 7.18. The monoisotopic (exact) mass is 210 g/mol. The molecule has 3 heteroatoms. The standard InChI is InChI=1S/C12H18O3/c1-10(2)15-12(13)8-9-14-11-6-4-3-5-7-11/h3-7,10,12-13H,8-9H2,1-2H3. The molecule has 0 radical (unpaired) electrons. The topological polar surface area (TPSA) is 38.7 Å². The van der Waals surface area contributed by atoms with Crippen LogP contribution in [0.3, 0.4) is 0 Å². The predicted molar refractivity (Wildman–Crippen MR) is 58.8 cm³/mol. The Bertz CT molecular complexity index is 259. The average Bonchev–Trinajstić information content (AvgIpc) is 2.18. The lowest BCUT2D eigenvalue weighted by atomic mass is 10.3. The van der Waals surface area contributed by atoms with Gasteiger partial charge >= 0.3 is 0 Å². The van der Waals surface area contributed by atoms with Crippen LogP contribution in [0.2, 0.25) is 0 Å². The lowest BCUT2D eigenvalue weighted by Gasteiger charge is -2.15. The van der Waals surface area contributed by atoms with E-state index in [0.717, 1.165) is 5.75 Å². The van der Waals surface area contributed by atoms with E-state index in [1.807, 2.05) is 44.2 Å². The van der Waals surface area contributed by atoms with Gasteiger partial charge in [-0.2, -0.15) is 0 Å². The van der Waals surface area contributed by atoms with Gasteiger partial charge in [0.15, 0.2) is 6.29 Å².